The second kappa shape index (κ2) is 7.76. The third kappa shape index (κ3) is 5.37. The number of rotatable bonds is 3. The molecule has 1 fully saturated rings. The van der Waals surface area contributed by atoms with Gasteiger partial charge >= 0.3 is 6.09 Å². The molecule has 6 nitrogen and oxygen atoms in total. The number of piperidine rings is 1. The van der Waals surface area contributed by atoms with Crippen LogP contribution in [0.1, 0.15) is 56.5 Å². The zero-order chi connectivity index (χ0) is 18.6. The van der Waals surface area contributed by atoms with Crippen LogP contribution in [0.3, 0.4) is 0 Å². The summed E-state index contributed by atoms with van der Waals surface area (Å²) in [4.78, 5) is 26.4. The zero-order valence-electron chi connectivity index (χ0n) is 15.6. The van der Waals surface area contributed by atoms with E-state index in [0.29, 0.717) is 24.3 Å². The Bertz CT molecular complexity index is 637. The number of nitrogens with zero attached hydrogens (tertiary/aromatic N) is 1. The van der Waals surface area contributed by atoms with E-state index >= 15 is 0 Å². The first-order chi connectivity index (χ1) is 11.7. The normalized spacial score (nSPS) is 17.9. The van der Waals surface area contributed by atoms with Crippen LogP contribution in [-0.4, -0.2) is 41.6 Å². The highest BCUT2D eigenvalue weighted by Crippen LogP contribution is 2.19. The fourth-order valence-electron chi connectivity index (χ4n) is 2.99. The molecule has 6 heteroatoms. The van der Waals surface area contributed by atoms with Crippen LogP contribution in [0.4, 0.5) is 10.5 Å². The molecule has 1 saturated heterocycles. The number of benzene rings is 1. The second-order valence-corrected chi connectivity index (χ2v) is 7.50. The van der Waals surface area contributed by atoms with Crippen molar-refractivity contribution in [3.63, 3.8) is 0 Å². The molecular weight excluding hydrogens is 318 g/mol. The molecule has 2 amide bonds. The van der Waals surface area contributed by atoms with Gasteiger partial charge in [-0.25, -0.2) is 4.79 Å². The predicted octanol–water partition coefficient (Wildman–Crippen LogP) is 2.96. The quantitative estimate of drug-likeness (QED) is 0.823. The summed E-state index contributed by atoms with van der Waals surface area (Å²) in [6.07, 6.45) is 2.07. The number of ether oxygens (including phenoxy) is 1. The minimum Gasteiger partial charge on any atom is -0.444 e. The van der Waals surface area contributed by atoms with Crippen LogP contribution < -0.4 is 11.1 Å². The average molecular weight is 347 g/mol. The Morgan fingerprint density at radius 3 is 2.68 bits per heavy atom. The molecule has 1 aromatic rings. The molecule has 0 unspecified atom stereocenters. The van der Waals surface area contributed by atoms with Crippen molar-refractivity contribution in [2.24, 2.45) is 0 Å². The number of nitrogens with two attached hydrogens (primary N) is 1. The van der Waals surface area contributed by atoms with Crippen molar-refractivity contribution in [1.82, 2.24) is 10.2 Å². The lowest BCUT2D eigenvalue weighted by molar-refractivity contribution is 0.0452. The lowest BCUT2D eigenvalue weighted by atomic mass is 10.0. The van der Waals surface area contributed by atoms with Crippen LogP contribution >= 0.6 is 0 Å². The Balaban J connectivity index is 1.99. The van der Waals surface area contributed by atoms with Gasteiger partial charge in [0.2, 0.25) is 0 Å². The van der Waals surface area contributed by atoms with Gasteiger partial charge in [-0.15, -0.1) is 0 Å². The third-order valence-corrected chi connectivity index (χ3v) is 4.20. The average Bonchev–Trinajstić information content (AvgIpc) is 2.52. The number of hydrogen-bond donors (Lipinski definition) is 2. The monoisotopic (exact) mass is 347 g/mol. The van der Waals surface area contributed by atoms with E-state index in [1.54, 1.807) is 11.0 Å². The van der Waals surface area contributed by atoms with E-state index in [1.165, 1.54) is 0 Å². The minimum absolute atomic E-state index is 0.0509. The van der Waals surface area contributed by atoms with Gasteiger partial charge in [-0.2, -0.15) is 0 Å². The summed E-state index contributed by atoms with van der Waals surface area (Å²) < 4.78 is 5.29. The highest BCUT2D eigenvalue weighted by atomic mass is 16.6. The van der Waals surface area contributed by atoms with E-state index in [1.807, 2.05) is 39.8 Å². The Morgan fingerprint density at radius 2 is 2.08 bits per heavy atom. The van der Waals surface area contributed by atoms with E-state index in [2.05, 4.69) is 5.32 Å². The molecule has 0 saturated carbocycles. The standard InChI is InChI=1S/C19H29N3O3/c1-5-13-8-9-14(11-16(13)20)17(23)22-10-6-7-15(12-22)21-18(24)25-19(2,3)4/h8-9,11,15H,5-7,10,12,20H2,1-4H3,(H,21,24)/t15-/m1/s1. The Labute approximate surface area is 149 Å². The molecule has 0 spiro atoms. The number of anilines is 1. The topological polar surface area (TPSA) is 84.7 Å². The number of carbonyl (C=O) groups excluding carboxylic acids is 2. The van der Waals surface area contributed by atoms with E-state index in [0.717, 1.165) is 24.8 Å². The maximum atomic E-state index is 12.7. The highest BCUT2D eigenvalue weighted by Gasteiger charge is 2.27. The van der Waals surface area contributed by atoms with Gasteiger partial charge in [0.25, 0.3) is 5.91 Å². The van der Waals surface area contributed by atoms with E-state index < -0.39 is 11.7 Å². The molecule has 0 aromatic heterocycles. The Morgan fingerprint density at radius 1 is 1.36 bits per heavy atom. The van der Waals surface area contributed by atoms with Crippen molar-refractivity contribution in [3.8, 4) is 0 Å². The van der Waals surface area contributed by atoms with Crippen molar-refractivity contribution >= 4 is 17.7 Å². The molecule has 2 rings (SSSR count). The molecule has 1 heterocycles. The third-order valence-electron chi connectivity index (χ3n) is 4.20. The van der Waals surface area contributed by atoms with E-state index in [-0.39, 0.29) is 11.9 Å². The van der Waals surface area contributed by atoms with Crippen LogP contribution in [0, 0.1) is 0 Å². The van der Waals surface area contributed by atoms with Gasteiger partial charge in [-0.05, 0) is 57.7 Å². The van der Waals surface area contributed by atoms with Crippen molar-refractivity contribution in [1.29, 1.82) is 0 Å². The van der Waals surface area contributed by atoms with Crippen molar-refractivity contribution in [3.05, 3.63) is 29.3 Å². The highest BCUT2D eigenvalue weighted by molar-refractivity contribution is 5.95. The van der Waals surface area contributed by atoms with Crippen LogP contribution in [0.25, 0.3) is 0 Å². The Hall–Kier alpha value is -2.24. The lowest BCUT2D eigenvalue weighted by Crippen LogP contribution is -2.50. The van der Waals surface area contributed by atoms with Crippen LogP contribution in [0.15, 0.2) is 18.2 Å². The van der Waals surface area contributed by atoms with Crippen molar-refractivity contribution < 1.29 is 14.3 Å². The molecule has 138 valence electrons. The summed E-state index contributed by atoms with van der Waals surface area (Å²) >= 11 is 0. The van der Waals surface area contributed by atoms with Gasteiger partial charge in [0.1, 0.15) is 5.60 Å². The predicted molar refractivity (Wildman–Crippen MR) is 98.5 cm³/mol. The molecule has 1 aromatic carbocycles. The largest absolute Gasteiger partial charge is 0.444 e. The summed E-state index contributed by atoms with van der Waals surface area (Å²) in [5.74, 6) is -0.0509. The summed E-state index contributed by atoms with van der Waals surface area (Å²) in [5.41, 5.74) is 7.75. The van der Waals surface area contributed by atoms with Crippen LogP contribution in [-0.2, 0) is 11.2 Å². The Kier molecular flexibility index (Phi) is 5.93. The number of likely N-dealkylation sites (tertiary alicyclic amines) is 1. The molecule has 0 radical (unpaired) electrons. The first-order valence-corrected chi connectivity index (χ1v) is 8.87. The minimum atomic E-state index is -0.535. The molecule has 1 atom stereocenters. The SMILES string of the molecule is CCc1ccc(C(=O)N2CCC[C@@H](NC(=O)OC(C)(C)C)C2)cc1N. The molecule has 25 heavy (non-hydrogen) atoms. The maximum Gasteiger partial charge on any atom is 0.407 e. The molecule has 0 bridgehead atoms. The smallest absolute Gasteiger partial charge is 0.407 e. The molecule has 0 aliphatic carbocycles. The van der Waals surface area contributed by atoms with Gasteiger partial charge in [-0.3, -0.25) is 4.79 Å². The van der Waals surface area contributed by atoms with Crippen molar-refractivity contribution in [2.75, 3.05) is 18.8 Å². The number of amides is 2. The fourth-order valence-corrected chi connectivity index (χ4v) is 2.99. The maximum absolute atomic E-state index is 12.7. The number of carbonyl (C=O) groups is 2. The summed E-state index contributed by atoms with van der Waals surface area (Å²) in [6, 6.07) is 5.37. The molecule has 1 aliphatic rings. The van der Waals surface area contributed by atoms with E-state index in [4.69, 9.17) is 10.5 Å². The lowest BCUT2D eigenvalue weighted by Gasteiger charge is -2.33. The van der Waals surface area contributed by atoms with E-state index in [9.17, 15) is 9.59 Å². The number of hydrogen-bond acceptors (Lipinski definition) is 4. The summed E-state index contributed by atoms with van der Waals surface area (Å²) in [5, 5.41) is 2.86. The molecule has 3 N–H and O–H groups in total. The van der Waals surface area contributed by atoms with Crippen molar-refractivity contribution in [2.45, 2.75) is 58.6 Å². The molecule has 1 aliphatic heterocycles. The summed E-state index contributed by atoms with van der Waals surface area (Å²) in [7, 11) is 0. The van der Waals surface area contributed by atoms with Gasteiger partial charge < -0.3 is 20.7 Å². The fraction of sp³-hybridized carbons (Fsp3) is 0.579. The number of nitrogen functional groups attached to an aromatic ring is 1. The zero-order valence-corrected chi connectivity index (χ0v) is 15.6. The van der Waals surface area contributed by atoms with Gasteiger partial charge in [0.15, 0.2) is 0 Å². The first-order valence-electron chi connectivity index (χ1n) is 8.87. The van der Waals surface area contributed by atoms with Gasteiger partial charge in [0, 0.05) is 30.4 Å². The number of alkyl carbamates (subject to hydrolysis) is 1. The van der Waals surface area contributed by atoms with Crippen LogP contribution in [0.2, 0.25) is 0 Å². The summed E-state index contributed by atoms with van der Waals surface area (Å²) in [6.45, 7) is 8.67. The second-order valence-electron chi connectivity index (χ2n) is 7.50. The first kappa shape index (κ1) is 19.1. The molecular formula is C19H29N3O3. The van der Waals surface area contributed by atoms with Gasteiger partial charge in [0.05, 0.1) is 0 Å². The van der Waals surface area contributed by atoms with Crippen LogP contribution in [0.5, 0.6) is 0 Å². The van der Waals surface area contributed by atoms with Gasteiger partial charge in [-0.1, -0.05) is 13.0 Å². The number of nitrogens with one attached hydrogen (secondary N) is 1. The number of aryl methyl sites for hydroxylation is 1.